The molecule has 2 saturated heterocycles. The van der Waals surface area contributed by atoms with Gasteiger partial charge in [-0.05, 0) is 17.7 Å². The summed E-state index contributed by atoms with van der Waals surface area (Å²) in [4.78, 5) is 39.9. The van der Waals surface area contributed by atoms with Crippen molar-refractivity contribution in [2.75, 3.05) is 53.1 Å². The van der Waals surface area contributed by atoms with E-state index in [-0.39, 0.29) is 19.1 Å². The molecule has 28 heavy (non-hydrogen) atoms. The van der Waals surface area contributed by atoms with Crippen molar-refractivity contribution in [2.24, 2.45) is 0 Å². The lowest BCUT2D eigenvalue weighted by Gasteiger charge is -2.27. The number of methoxy groups -OCH3 is 1. The normalized spacial score (nSPS) is 20.0. The van der Waals surface area contributed by atoms with E-state index in [0.29, 0.717) is 30.9 Å². The molecule has 0 unspecified atom stereocenters. The average molecular weight is 391 g/mol. The Morgan fingerprint density at radius 2 is 2.07 bits per heavy atom. The second-order valence-corrected chi connectivity index (χ2v) is 6.66. The first-order valence-corrected chi connectivity index (χ1v) is 9.27. The molecule has 152 valence electrons. The fourth-order valence-corrected chi connectivity index (χ4v) is 3.23. The molecule has 1 atom stereocenters. The Bertz CT molecular complexity index is 719. The van der Waals surface area contributed by atoms with E-state index in [1.807, 2.05) is 0 Å². The molecule has 0 radical (unpaired) electrons. The minimum absolute atomic E-state index is 0.0128. The predicted octanol–water partition coefficient (Wildman–Crippen LogP) is 0.242. The lowest BCUT2D eigenvalue weighted by molar-refractivity contribution is -0.125. The number of rotatable bonds is 7. The maximum atomic E-state index is 12.6. The zero-order valence-electron chi connectivity index (χ0n) is 15.9. The van der Waals surface area contributed by atoms with Gasteiger partial charge in [0.05, 0.1) is 32.4 Å². The average Bonchev–Trinajstić information content (AvgIpc) is 3.08. The van der Waals surface area contributed by atoms with Crippen LogP contribution in [0.1, 0.15) is 15.9 Å². The summed E-state index contributed by atoms with van der Waals surface area (Å²) in [6, 6.07) is 6.07. The number of morpholine rings is 1. The van der Waals surface area contributed by atoms with E-state index in [2.05, 4.69) is 10.2 Å². The van der Waals surface area contributed by atoms with Crippen molar-refractivity contribution in [3.63, 3.8) is 0 Å². The van der Waals surface area contributed by atoms with Gasteiger partial charge in [0.25, 0.3) is 0 Å². The van der Waals surface area contributed by atoms with Crippen LogP contribution in [0.25, 0.3) is 0 Å². The van der Waals surface area contributed by atoms with E-state index < -0.39 is 18.1 Å². The summed E-state index contributed by atoms with van der Waals surface area (Å²) in [5, 5.41) is 2.88. The highest BCUT2D eigenvalue weighted by Gasteiger charge is 2.38. The maximum Gasteiger partial charge on any atom is 0.410 e. The van der Waals surface area contributed by atoms with Gasteiger partial charge in [-0.25, -0.2) is 9.59 Å². The molecule has 1 aromatic carbocycles. The van der Waals surface area contributed by atoms with Crippen molar-refractivity contribution >= 4 is 18.0 Å². The number of ether oxygens (including phenoxy) is 3. The minimum atomic E-state index is -0.695. The van der Waals surface area contributed by atoms with E-state index in [1.54, 1.807) is 24.3 Å². The Kier molecular flexibility index (Phi) is 6.83. The molecule has 2 aliphatic heterocycles. The van der Waals surface area contributed by atoms with Gasteiger partial charge < -0.3 is 19.5 Å². The van der Waals surface area contributed by atoms with E-state index in [9.17, 15) is 14.4 Å². The van der Waals surface area contributed by atoms with Gasteiger partial charge in [0, 0.05) is 26.2 Å². The third-order valence-corrected chi connectivity index (χ3v) is 4.81. The number of carbonyl (C=O) groups is 3. The van der Waals surface area contributed by atoms with Crippen LogP contribution in [0.2, 0.25) is 0 Å². The molecule has 1 aromatic rings. The van der Waals surface area contributed by atoms with Crippen LogP contribution in [0, 0.1) is 0 Å². The zero-order chi connectivity index (χ0) is 19.9. The fourth-order valence-electron chi connectivity index (χ4n) is 3.23. The molecule has 2 amide bonds. The molecular weight excluding hydrogens is 366 g/mol. The second-order valence-electron chi connectivity index (χ2n) is 6.66. The summed E-state index contributed by atoms with van der Waals surface area (Å²) < 4.78 is 15.1. The van der Waals surface area contributed by atoms with Crippen molar-refractivity contribution in [3.05, 3.63) is 35.4 Å². The monoisotopic (exact) mass is 391 g/mol. The molecule has 1 N–H and O–H groups in total. The van der Waals surface area contributed by atoms with Crippen LogP contribution in [0.15, 0.2) is 24.3 Å². The van der Waals surface area contributed by atoms with Crippen molar-refractivity contribution < 1.29 is 28.6 Å². The summed E-state index contributed by atoms with van der Waals surface area (Å²) in [6.45, 7) is 4.53. The number of benzene rings is 1. The first-order chi connectivity index (χ1) is 13.6. The van der Waals surface area contributed by atoms with Crippen molar-refractivity contribution in [1.29, 1.82) is 0 Å². The van der Waals surface area contributed by atoms with Crippen LogP contribution >= 0.6 is 0 Å². The van der Waals surface area contributed by atoms with Crippen molar-refractivity contribution in [1.82, 2.24) is 15.1 Å². The lowest BCUT2D eigenvalue weighted by Crippen LogP contribution is -2.48. The fraction of sp³-hybridized carbons (Fsp3) is 0.526. The van der Waals surface area contributed by atoms with Gasteiger partial charge in [0.2, 0.25) is 5.91 Å². The van der Waals surface area contributed by atoms with Gasteiger partial charge in [-0.15, -0.1) is 0 Å². The topological polar surface area (TPSA) is 97.4 Å². The van der Waals surface area contributed by atoms with Gasteiger partial charge >= 0.3 is 12.1 Å². The van der Waals surface area contributed by atoms with E-state index in [0.717, 1.165) is 19.6 Å². The molecule has 2 fully saturated rings. The Hall–Kier alpha value is -2.65. The first-order valence-electron chi connectivity index (χ1n) is 9.27. The van der Waals surface area contributed by atoms with Crippen LogP contribution in [0.4, 0.5) is 4.79 Å². The number of nitrogens with one attached hydrogen (secondary N) is 1. The molecule has 9 nitrogen and oxygen atoms in total. The summed E-state index contributed by atoms with van der Waals surface area (Å²) in [5.74, 6) is -0.702. The van der Waals surface area contributed by atoms with Crippen LogP contribution < -0.4 is 5.32 Å². The largest absolute Gasteiger partial charge is 0.465 e. The zero-order valence-corrected chi connectivity index (χ0v) is 15.9. The van der Waals surface area contributed by atoms with Gasteiger partial charge in [0.15, 0.2) is 0 Å². The molecule has 0 bridgehead atoms. The highest BCUT2D eigenvalue weighted by atomic mass is 16.6. The van der Waals surface area contributed by atoms with Gasteiger partial charge in [-0.3, -0.25) is 14.6 Å². The third-order valence-electron chi connectivity index (χ3n) is 4.81. The van der Waals surface area contributed by atoms with Gasteiger partial charge in [-0.1, -0.05) is 12.1 Å². The van der Waals surface area contributed by atoms with Crippen LogP contribution in [0.3, 0.4) is 0 Å². The van der Waals surface area contributed by atoms with Crippen molar-refractivity contribution in [2.45, 2.75) is 12.6 Å². The minimum Gasteiger partial charge on any atom is -0.465 e. The number of hydrogen-bond donors (Lipinski definition) is 1. The Labute approximate surface area is 163 Å². The number of hydrogen-bond acceptors (Lipinski definition) is 7. The summed E-state index contributed by atoms with van der Waals surface area (Å²) >= 11 is 0. The molecule has 0 spiro atoms. The molecule has 0 aromatic heterocycles. The molecule has 9 heteroatoms. The Balaban J connectivity index is 1.56. The number of amides is 2. The lowest BCUT2D eigenvalue weighted by atomic mass is 10.1. The van der Waals surface area contributed by atoms with Crippen molar-refractivity contribution in [3.8, 4) is 0 Å². The molecular formula is C19H25N3O6. The number of cyclic esters (lactones) is 1. The maximum absolute atomic E-state index is 12.6. The third kappa shape index (κ3) is 4.99. The molecule has 3 rings (SSSR count). The van der Waals surface area contributed by atoms with Crippen LogP contribution in [0.5, 0.6) is 0 Å². The molecule has 2 aliphatic rings. The number of carbonyl (C=O) groups excluding carboxylic acids is 3. The van der Waals surface area contributed by atoms with Gasteiger partial charge in [-0.2, -0.15) is 0 Å². The van der Waals surface area contributed by atoms with Gasteiger partial charge in [0.1, 0.15) is 12.6 Å². The predicted molar refractivity (Wildman–Crippen MR) is 98.7 cm³/mol. The molecule has 0 saturated carbocycles. The highest BCUT2D eigenvalue weighted by Crippen LogP contribution is 2.18. The van der Waals surface area contributed by atoms with E-state index in [1.165, 1.54) is 12.0 Å². The SMILES string of the molecule is COC(=O)c1cccc(CN2C(=O)OC[C@H]2C(=O)NCCN2CCOCC2)c1. The van der Waals surface area contributed by atoms with Crippen LogP contribution in [-0.4, -0.2) is 86.9 Å². The Morgan fingerprint density at radius 3 is 2.82 bits per heavy atom. The molecule has 2 heterocycles. The Morgan fingerprint density at radius 1 is 1.29 bits per heavy atom. The first kappa shape index (κ1) is 20.1. The second kappa shape index (κ2) is 9.52. The summed E-state index contributed by atoms with van der Waals surface area (Å²) in [6.07, 6.45) is -0.545. The molecule has 0 aliphatic carbocycles. The standard InChI is InChI=1S/C19H25N3O6/c1-26-18(24)15-4-2-3-14(11-15)12-22-16(13-28-19(22)25)17(23)20-5-6-21-7-9-27-10-8-21/h2-4,11,16H,5-10,12-13H2,1H3,(H,20,23)/t16-/m0/s1. The smallest absolute Gasteiger partial charge is 0.410 e. The number of nitrogens with zero attached hydrogens (tertiary/aromatic N) is 2. The van der Waals surface area contributed by atoms with Crippen LogP contribution in [-0.2, 0) is 25.5 Å². The highest BCUT2D eigenvalue weighted by molar-refractivity contribution is 5.90. The summed E-state index contributed by atoms with van der Waals surface area (Å²) in [7, 11) is 1.31. The van der Waals surface area contributed by atoms with E-state index >= 15 is 0 Å². The summed E-state index contributed by atoms with van der Waals surface area (Å²) in [5.41, 5.74) is 1.10. The quantitative estimate of drug-likeness (QED) is 0.665. The van der Waals surface area contributed by atoms with E-state index in [4.69, 9.17) is 14.2 Å². The number of esters is 1.